The topological polar surface area (TPSA) is 41.6 Å². The summed E-state index contributed by atoms with van der Waals surface area (Å²) in [5.74, 6) is 1.36. The summed E-state index contributed by atoms with van der Waals surface area (Å²) in [6.07, 6.45) is 3.01. The third kappa shape index (κ3) is 6.80. The largest absolute Gasteiger partial charge is 0.383 e. The van der Waals surface area contributed by atoms with E-state index in [1.165, 1.54) is 18.4 Å². The Morgan fingerprint density at radius 2 is 1.96 bits per heavy atom. The van der Waals surface area contributed by atoms with E-state index >= 15 is 0 Å². The minimum Gasteiger partial charge on any atom is -0.383 e. The van der Waals surface area contributed by atoms with Gasteiger partial charge < -0.3 is 15.0 Å². The highest BCUT2D eigenvalue weighted by Gasteiger charge is 2.24. The second kappa shape index (κ2) is 11.5. The van der Waals surface area contributed by atoms with E-state index in [2.05, 4.69) is 24.4 Å². The van der Waals surface area contributed by atoms with Crippen molar-refractivity contribution in [1.82, 2.24) is 10.2 Å². The van der Waals surface area contributed by atoms with Gasteiger partial charge in [-0.25, -0.2) is 0 Å². The Labute approximate surface area is 152 Å². The number of piperidine rings is 1. The van der Waals surface area contributed by atoms with Gasteiger partial charge in [0.05, 0.1) is 6.61 Å². The van der Waals surface area contributed by atoms with Crippen molar-refractivity contribution in [3.05, 3.63) is 35.9 Å². The fourth-order valence-corrected chi connectivity index (χ4v) is 3.28. The summed E-state index contributed by atoms with van der Waals surface area (Å²) < 4.78 is 5.18. The highest BCUT2D eigenvalue weighted by molar-refractivity contribution is 5.85. The number of methoxy groups -OCH3 is 1. The normalized spacial score (nSPS) is 16.2. The molecule has 1 aromatic carbocycles. The van der Waals surface area contributed by atoms with Gasteiger partial charge in [-0.2, -0.15) is 0 Å². The fraction of sp³-hybridized carbons (Fsp3) is 0.632. The van der Waals surface area contributed by atoms with Gasteiger partial charge >= 0.3 is 0 Å². The van der Waals surface area contributed by atoms with E-state index in [-0.39, 0.29) is 18.3 Å². The molecule has 4 nitrogen and oxygen atoms in total. The van der Waals surface area contributed by atoms with Gasteiger partial charge in [-0.1, -0.05) is 37.3 Å². The number of benzene rings is 1. The molecule has 1 heterocycles. The second-order valence-corrected chi connectivity index (χ2v) is 6.56. The first-order valence-corrected chi connectivity index (χ1v) is 8.72. The summed E-state index contributed by atoms with van der Waals surface area (Å²) in [6, 6.07) is 10.2. The molecule has 0 aliphatic carbocycles. The Balaban J connectivity index is 0.00000288. The summed E-state index contributed by atoms with van der Waals surface area (Å²) in [7, 11) is 1.68. The molecular weight excluding hydrogens is 324 g/mol. The number of nitrogens with zero attached hydrogens (tertiary/aromatic N) is 1. The van der Waals surface area contributed by atoms with Crippen molar-refractivity contribution in [2.75, 3.05) is 33.4 Å². The van der Waals surface area contributed by atoms with Gasteiger partial charge in [-0.15, -0.1) is 12.4 Å². The van der Waals surface area contributed by atoms with Crippen LogP contribution in [0.15, 0.2) is 30.3 Å². The van der Waals surface area contributed by atoms with Crippen molar-refractivity contribution >= 4 is 18.3 Å². The van der Waals surface area contributed by atoms with Crippen LogP contribution in [0.25, 0.3) is 0 Å². The third-order valence-corrected chi connectivity index (χ3v) is 4.82. The number of rotatable bonds is 8. The van der Waals surface area contributed by atoms with E-state index in [9.17, 15) is 4.79 Å². The molecule has 1 fully saturated rings. The maximum atomic E-state index is 12.8. The van der Waals surface area contributed by atoms with Crippen molar-refractivity contribution in [2.45, 2.75) is 32.7 Å². The third-order valence-electron chi connectivity index (χ3n) is 4.82. The van der Waals surface area contributed by atoms with Gasteiger partial charge in [0.15, 0.2) is 0 Å². The molecule has 1 aromatic rings. The predicted octanol–water partition coefficient (Wildman–Crippen LogP) is 3.11. The Hall–Kier alpha value is -1.10. The van der Waals surface area contributed by atoms with E-state index in [4.69, 9.17) is 4.74 Å². The molecule has 1 atom stereocenters. The van der Waals surface area contributed by atoms with Crippen LogP contribution in [0.2, 0.25) is 0 Å². The molecule has 1 aliphatic heterocycles. The maximum Gasteiger partial charge on any atom is 0.223 e. The highest BCUT2D eigenvalue weighted by atomic mass is 35.5. The van der Waals surface area contributed by atoms with Crippen LogP contribution in [0, 0.1) is 11.8 Å². The van der Waals surface area contributed by atoms with E-state index in [0.29, 0.717) is 38.0 Å². The molecule has 1 saturated heterocycles. The van der Waals surface area contributed by atoms with Crippen molar-refractivity contribution in [3.8, 4) is 0 Å². The molecule has 24 heavy (non-hydrogen) atoms. The maximum absolute atomic E-state index is 12.8. The highest BCUT2D eigenvalue weighted by Crippen LogP contribution is 2.25. The van der Waals surface area contributed by atoms with Crippen LogP contribution >= 0.6 is 12.4 Å². The molecule has 1 unspecified atom stereocenters. The van der Waals surface area contributed by atoms with Crippen LogP contribution in [-0.2, 0) is 16.1 Å². The van der Waals surface area contributed by atoms with Crippen LogP contribution in [0.3, 0.4) is 0 Å². The van der Waals surface area contributed by atoms with E-state index in [1.54, 1.807) is 7.11 Å². The first-order chi connectivity index (χ1) is 11.2. The van der Waals surface area contributed by atoms with E-state index < -0.39 is 0 Å². The summed E-state index contributed by atoms with van der Waals surface area (Å²) in [5.41, 5.74) is 1.17. The SMILES string of the molecule is COCCN(Cc1ccccc1)C(=O)CC(C)C1CCNCC1.Cl. The Bertz CT molecular complexity index is 464. The monoisotopic (exact) mass is 354 g/mol. The molecule has 1 aliphatic rings. The zero-order valence-electron chi connectivity index (χ0n) is 14.9. The molecule has 1 N–H and O–H groups in total. The number of hydrogen-bond donors (Lipinski definition) is 1. The zero-order chi connectivity index (χ0) is 16.5. The lowest BCUT2D eigenvalue weighted by molar-refractivity contribution is -0.133. The molecular formula is C19H31ClN2O2. The van der Waals surface area contributed by atoms with Gasteiger partial charge in [-0.3, -0.25) is 4.79 Å². The van der Waals surface area contributed by atoms with Crippen LogP contribution in [0.1, 0.15) is 31.7 Å². The first-order valence-electron chi connectivity index (χ1n) is 8.72. The van der Waals surface area contributed by atoms with E-state index in [0.717, 1.165) is 13.1 Å². The van der Waals surface area contributed by atoms with Crippen molar-refractivity contribution < 1.29 is 9.53 Å². The molecule has 0 radical (unpaired) electrons. The number of ether oxygens (including phenoxy) is 1. The minimum atomic E-state index is 0. The Morgan fingerprint density at radius 3 is 2.58 bits per heavy atom. The van der Waals surface area contributed by atoms with Crippen molar-refractivity contribution in [2.24, 2.45) is 11.8 Å². The molecule has 0 aromatic heterocycles. The lowest BCUT2D eigenvalue weighted by Crippen LogP contribution is -2.37. The number of nitrogens with one attached hydrogen (secondary N) is 1. The van der Waals surface area contributed by atoms with Crippen molar-refractivity contribution in [3.63, 3.8) is 0 Å². The van der Waals surface area contributed by atoms with Crippen LogP contribution < -0.4 is 5.32 Å². The smallest absolute Gasteiger partial charge is 0.223 e. The van der Waals surface area contributed by atoms with Crippen molar-refractivity contribution in [1.29, 1.82) is 0 Å². The molecule has 2 rings (SSSR count). The average molecular weight is 355 g/mol. The van der Waals surface area contributed by atoms with Gasteiger partial charge in [0.25, 0.3) is 0 Å². The molecule has 1 amide bonds. The molecule has 0 spiro atoms. The number of halogens is 1. The molecule has 5 heteroatoms. The quantitative estimate of drug-likeness (QED) is 0.780. The standard InChI is InChI=1S/C19H30N2O2.ClH/c1-16(18-8-10-20-11-9-18)14-19(22)21(12-13-23-2)15-17-6-4-3-5-7-17;/h3-7,16,18,20H,8-15H2,1-2H3;1H. The number of carbonyl (C=O) groups is 1. The fourth-order valence-electron chi connectivity index (χ4n) is 3.28. The molecule has 136 valence electrons. The number of carbonyl (C=O) groups excluding carboxylic acids is 1. The average Bonchev–Trinajstić information content (AvgIpc) is 2.60. The zero-order valence-corrected chi connectivity index (χ0v) is 15.7. The van der Waals surface area contributed by atoms with Crippen LogP contribution in [-0.4, -0.2) is 44.2 Å². The van der Waals surface area contributed by atoms with E-state index in [1.807, 2.05) is 23.1 Å². The Kier molecular flexibility index (Phi) is 9.99. The Morgan fingerprint density at radius 1 is 1.29 bits per heavy atom. The minimum absolute atomic E-state index is 0. The molecule has 0 saturated carbocycles. The van der Waals surface area contributed by atoms with Crippen LogP contribution in [0.5, 0.6) is 0 Å². The van der Waals surface area contributed by atoms with Crippen LogP contribution in [0.4, 0.5) is 0 Å². The van der Waals surface area contributed by atoms with Gasteiger partial charge in [0, 0.05) is 26.6 Å². The second-order valence-electron chi connectivity index (χ2n) is 6.56. The molecule has 0 bridgehead atoms. The van der Waals surface area contributed by atoms with Gasteiger partial charge in [0.1, 0.15) is 0 Å². The summed E-state index contributed by atoms with van der Waals surface area (Å²) >= 11 is 0. The lowest BCUT2D eigenvalue weighted by Gasteiger charge is -2.30. The van der Waals surface area contributed by atoms with Gasteiger partial charge in [-0.05, 0) is 43.3 Å². The first kappa shape index (κ1) is 20.9. The summed E-state index contributed by atoms with van der Waals surface area (Å²) in [4.78, 5) is 14.7. The van der Waals surface area contributed by atoms with Gasteiger partial charge in [0.2, 0.25) is 5.91 Å². The lowest BCUT2D eigenvalue weighted by atomic mass is 9.84. The summed E-state index contributed by atoms with van der Waals surface area (Å²) in [5, 5.41) is 3.39. The summed E-state index contributed by atoms with van der Waals surface area (Å²) in [6.45, 7) is 6.30. The number of hydrogen-bond acceptors (Lipinski definition) is 3. The predicted molar refractivity (Wildman–Crippen MR) is 100 cm³/mol. The number of amides is 1.